The van der Waals surface area contributed by atoms with Gasteiger partial charge in [-0.25, -0.2) is 9.59 Å². The molecule has 0 radical (unpaired) electrons. The van der Waals surface area contributed by atoms with Crippen molar-refractivity contribution in [3.8, 4) is 11.5 Å². The summed E-state index contributed by atoms with van der Waals surface area (Å²) in [6, 6.07) is 3.05. The third kappa shape index (κ3) is 3.99. The molecule has 1 aromatic rings. The molecule has 2 amide bonds. The van der Waals surface area contributed by atoms with Gasteiger partial charge in [0.15, 0.2) is 11.5 Å². The molecule has 4 N–H and O–H groups in total. The van der Waals surface area contributed by atoms with E-state index in [-0.39, 0.29) is 13.0 Å². The Morgan fingerprint density at radius 1 is 1.24 bits per heavy atom. The van der Waals surface area contributed by atoms with Crippen molar-refractivity contribution in [2.45, 2.75) is 12.5 Å². The number of carbonyl (C=O) groups is 2. The summed E-state index contributed by atoms with van der Waals surface area (Å²) in [6.45, 7) is 0.573. The van der Waals surface area contributed by atoms with Crippen LogP contribution in [0.5, 0.6) is 11.5 Å². The molecule has 8 heteroatoms. The number of carbonyl (C=O) groups excluding carboxylic acids is 1. The number of carboxylic acid groups (broad SMARTS) is 1. The number of aliphatic carboxylic acids is 1. The number of hydrogen-bond acceptors (Lipinski definition) is 5. The van der Waals surface area contributed by atoms with Crippen molar-refractivity contribution in [3.63, 3.8) is 0 Å². The minimum Gasteiger partial charge on any atom is -0.486 e. The van der Waals surface area contributed by atoms with E-state index >= 15 is 0 Å². The summed E-state index contributed by atoms with van der Waals surface area (Å²) < 4.78 is 10.7. The lowest BCUT2D eigenvalue weighted by atomic mass is 10.2. The lowest BCUT2D eigenvalue weighted by Gasteiger charge is -2.19. The zero-order chi connectivity index (χ0) is 15.2. The molecule has 1 aliphatic rings. The highest BCUT2D eigenvalue weighted by molar-refractivity contribution is 5.92. The van der Waals surface area contributed by atoms with Crippen molar-refractivity contribution in [1.82, 2.24) is 5.32 Å². The summed E-state index contributed by atoms with van der Waals surface area (Å²) in [7, 11) is 0. The Hall–Kier alpha value is -2.48. The number of aliphatic hydroxyl groups excluding tert-OH is 1. The van der Waals surface area contributed by atoms with E-state index in [0.29, 0.717) is 30.4 Å². The number of ether oxygens (including phenoxy) is 2. The van der Waals surface area contributed by atoms with E-state index in [9.17, 15) is 9.59 Å². The highest BCUT2D eigenvalue weighted by Crippen LogP contribution is 2.32. The average Bonchev–Trinajstić information content (AvgIpc) is 2.46. The normalized spacial score (nSPS) is 14.1. The van der Waals surface area contributed by atoms with Crippen LogP contribution in [-0.4, -0.2) is 48.1 Å². The van der Waals surface area contributed by atoms with E-state index in [1.807, 2.05) is 0 Å². The number of hydrogen-bond donors (Lipinski definition) is 4. The highest BCUT2D eigenvalue weighted by atomic mass is 16.6. The fourth-order valence-electron chi connectivity index (χ4n) is 1.83. The second kappa shape index (κ2) is 6.80. The van der Waals surface area contributed by atoms with Crippen LogP contribution in [0.25, 0.3) is 0 Å². The number of urea groups is 1. The quantitative estimate of drug-likeness (QED) is 0.625. The number of rotatable bonds is 5. The molecule has 0 spiro atoms. The third-order valence-corrected chi connectivity index (χ3v) is 2.82. The van der Waals surface area contributed by atoms with E-state index < -0.39 is 18.0 Å². The first-order chi connectivity index (χ1) is 10.1. The second-order valence-corrected chi connectivity index (χ2v) is 4.36. The van der Waals surface area contributed by atoms with Crippen molar-refractivity contribution < 1.29 is 29.3 Å². The number of nitrogens with one attached hydrogen (secondary N) is 2. The van der Waals surface area contributed by atoms with Crippen LogP contribution in [-0.2, 0) is 4.79 Å². The molecule has 114 valence electrons. The summed E-state index contributed by atoms with van der Waals surface area (Å²) in [5, 5.41) is 22.4. The first-order valence-corrected chi connectivity index (χ1v) is 6.41. The molecule has 0 fully saturated rings. The maximum Gasteiger partial charge on any atom is 0.326 e. The maximum atomic E-state index is 11.7. The fraction of sp³-hybridized carbons (Fsp3) is 0.385. The Balaban J connectivity index is 1.97. The van der Waals surface area contributed by atoms with Crippen LogP contribution in [0.3, 0.4) is 0 Å². The van der Waals surface area contributed by atoms with Crippen LogP contribution in [0.1, 0.15) is 6.42 Å². The molecule has 0 saturated carbocycles. The van der Waals surface area contributed by atoms with Gasteiger partial charge in [0.2, 0.25) is 0 Å². The van der Waals surface area contributed by atoms with Gasteiger partial charge in [-0.2, -0.15) is 0 Å². The first kappa shape index (κ1) is 14.9. The van der Waals surface area contributed by atoms with Gasteiger partial charge in [-0.1, -0.05) is 0 Å². The number of fused-ring (bicyclic) bond motifs is 1. The molecule has 0 aliphatic carbocycles. The first-order valence-electron chi connectivity index (χ1n) is 6.41. The number of carboxylic acids is 1. The Labute approximate surface area is 120 Å². The van der Waals surface area contributed by atoms with Gasteiger partial charge in [0.05, 0.1) is 0 Å². The van der Waals surface area contributed by atoms with Gasteiger partial charge in [-0.3, -0.25) is 0 Å². The zero-order valence-corrected chi connectivity index (χ0v) is 11.2. The van der Waals surface area contributed by atoms with Crippen LogP contribution >= 0.6 is 0 Å². The number of benzene rings is 1. The number of amides is 2. The average molecular weight is 296 g/mol. The molecule has 1 heterocycles. The molecule has 2 rings (SSSR count). The summed E-state index contributed by atoms with van der Waals surface area (Å²) >= 11 is 0. The van der Waals surface area contributed by atoms with E-state index in [1.54, 1.807) is 18.2 Å². The van der Waals surface area contributed by atoms with Crippen molar-refractivity contribution in [2.24, 2.45) is 0 Å². The maximum absolute atomic E-state index is 11.7. The van der Waals surface area contributed by atoms with Gasteiger partial charge in [-0.15, -0.1) is 0 Å². The van der Waals surface area contributed by atoms with Gasteiger partial charge in [-0.05, 0) is 12.1 Å². The topological polar surface area (TPSA) is 117 Å². The molecule has 1 atom stereocenters. The standard InChI is InChI=1S/C13H16N2O6/c16-4-3-9(12(17)18)15-13(19)14-8-1-2-10-11(7-8)21-6-5-20-10/h1-2,7,9,16H,3-6H2,(H,17,18)(H2,14,15,19). The molecular weight excluding hydrogens is 280 g/mol. The number of anilines is 1. The van der Waals surface area contributed by atoms with Crippen LogP contribution in [0.4, 0.5) is 10.5 Å². The number of aliphatic hydroxyl groups is 1. The Morgan fingerprint density at radius 2 is 1.95 bits per heavy atom. The molecule has 0 aromatic heterocycles. The predicted octanol–water partition coefficient (Wildman–Crippen LogP) is 0.415. The highest BCUT2D eigenvalue weighted by Gasteiger charge is 2.19. The summed E-state index contributed by atoms with van der Waals surface area (Å²) in [5.41, 5.74) is 0.449. The van der Waals surface area contributed by atoms with Gasteiger partial charge in [0.25, 0.3) is 0 Å². The fourth-order valence-corrected chi connectivity index (χ4v) is 1.83. The van der Waals surface area contributed by atoms with Gasteiger partial charge < -0.3 is 30.3 Å². The van der Waals surface area contributed by atoms with Crippen LogP contribution in [0, 0.1) is 0 Å². The van der Waals surface area contributed by atoms with Crippen molar-refractivity contribution in [1.29, 1.82) is 0 Å². The molecular formula is C13H16N2O6. The van der Waals surface area contributed by atoms with Crippen LogP contribution < -0.4 is 20.1 Å². The monoisotopic (exact) mass is 296 g/mol. The minimum atomic E-state index is -1.21. The molecule has 0 saturated heterocycles. The Morgan fingerprint density at radius 3 is 2.62 bits per heavy atom. The van der Waals surface area contributed by atoms with Crippen molar-refractivity contribution in [3.05, 3.63) is 18.2 Å². The smallest absolute Gasteiger partial charge is 0.326 e. The van der Waals surface area contributed by atoms with Gasteiger partial charge in [0, 0.05) is 24.8 Å². The third-order valence-electron chi connectivity index (χ3n) is 2.82. The summed E-state index contributed by atoms with van der Waals surface area (Å²) in [4.78, 5) is 22.6. The van der Waals surface area contributed by atoms with E-state index in [2.05, 4.69) is 10.6 Å². The lowest BCUT2D eigenvalue weighted by Crippen LogP contribution is -2.43. The SMILES string of the molecule is O=C(Nc1ccc2c(c1)OCCO2)NC(CCO)C(=O)O. The van der Waals surface area contributed by atoms with Gasteiger partial charge >= 0.3 is 12.0 Å². The largest absolute Gasteiger partial charge is 0.486 e. The molecule has 0 bridgehead atoms. The lowest BCUT2D eigenvalue weighted by molar-refractivity contribution is -0.139. The molecule has 1 unspecified atom stereocenters. The summed E-state index contributed by atoms with van der Waals surface area (Å²) in [6.07, 6.45) is -0.0656. The minimum absolute atomic E-state index is 0.0656. The van der Waals surface area contributed by atoms with Crippen molar-refractivity contribution >= 4 is 17.7 Å². The second-order valence-electron chi connectivity index (χ2n) is 4.36. The van der Waals surface area contributed by atoms with E-state index in [0.717, 1.165) is 0 Å². The van der Waals surface area contributed by atoms with E-state index in [1.165, 1.54) is 0 Å². The van der Waals surface area contributed by atoms with Crippen LogP contribution in [0.2, 0.25) is 0 Å². The summed E-state index contributed by atoms with van der Waals surface area (Å²) in [5.74, 6) is -0.0959. The van der Waals surface area contributed by atoms with E-state index in [4.69, 9.17) is 19.7 Å². The zero-order valence-electron chi connectivity index (χ0n) is 11.2. The Bertz CT molecular complexity index is 533. The van der Waals surface area contributed by atoms with Crippen molar-refractivity contribution in [2.75, 3.05) is 25.1 Å². The molecule has 1 aromatic carbocycles. The predicted molar refractivity (Wildman–Crippen MR) is 72.7 cm³/mol. The molecule has 21 heavy (non-hydrogen) atoms. The molecule has 8 nitrogen and oxygen atoms in total. The molecule has 1 aliphatic heterocycles. The van der Waals surface area contributed by atoms with Crippen LogP contribution in [0.15, 0.2) is 18.2 Å². The van der Waals surface area contributed by atoms with Gasteiger partial charge in [0.1, 0.15) is 19.3 Å². The Kier molecular flexibility index (Phi) is 4.83.